The number of hydrogen-bond donors (Lipinski definition) is 11. The smallest absolute Gasteiger partial charge is 0.305 e. The number of carbonyl (C=O) groups is 8. The number of carboxylic acid groups (broad SMARTS) is 2. The van der Waals surface area contributed by atoms with Crippen LogP contribution in [-0.4, -0.2) is 130 Å². The predicted molar refractivity (Wildman–Crippen MR) is 224 cm³/mol. The van der Waals surface area contributed by atoms with Crippen LogP contribution in [0.2, 0.25) is 0 Å². The molecule has 0 aliphatic rings. The van der Waals surface area contributed by atoms with Crippen molar-refractivity contribution in [2.75, 3.05) is 13.2 Å². The Morgan fingerprint density at radius 1 is 0.754 bits per heavy atom. The molecule has 5 atom stereocenters. The van der Waals surface area contributed by atoms with Gasteiger partial charge in [-0.1, -0.05) is 48.0 Å². The maximum Gasteiger partial charge on any atom is 0.305 e. The number of amides is 6. The highest BCUT2D eigenvalue weighted by Crippen LogP contribution is 2.20. The molecule has 0 spiro atoms. The number of aromatic nitrogens is 1. The Morgan fingerprint density at radius 3 is 1.95 bits per heavy atom. The summed E-state index contributed by atoms with van der Waals surface area (Å²) in [7, 11) is -4.50. The van der Waals surface area contributed by atoms with Crippen molar-refractivity contribution < 1.29 is 71.7 Å². The first kappa shape index (κ1) is 50.4. The molecular formula is C41H47FN8O14S. The van der Waals surface area contributed by atoms with Gasteiger partial charge in [0.25, 0.3) is 5.91 Å². The SMILES string of the molecule is Cc1ccc(S(=O)(=O)N[C@H](CC(=O)O)C(=O)N[C@@H](CCO)C(=O)N(O)CC(=O)N[C@@H](Cc2cccc(F)c2)C(=O)N[C@@H](Cc2c[nH]c3ccccc23)C(=O)N[C@@H](CC(=O)O)C(N)=O)cc1. The molecule has 6 amide bonds. The quantitative estimate of drug-likeness (QED) is 0.0288. The summed E-state index contributed by atoms with van der Waals surface area (Å²) >= 11 is 0. The lowest BCUT2D eigenvalue weighted by Gasteiger charge is -2.26. The van der Waals surface area contributed by atoms with Gasteiger partial charge in [0.2, 0.25) is 39.6 Å². The number of benzene rings is 3. The molecule has 65 heavy (non-hydrogen) atoms. The van der Waals surface area contributed by atoms with Crippen LogP contribution in [0.25, 0.3) is 10.9 Å². The number of H-pyrrole nitrogens is 1. The van der Waals surface area contributed by atoms with Gasteiger partial charge in [-0.25, -0.2) is 17.9 Å². The van der Waals surface area contributed by atoms with E-state index < -0.39 is 132 Å². The number of hydroxylamine groups is 2. The number of hydrogen-bond acceptors (Lipinski definition) is 12. The molecule has 0 aliphatic heterocycles. The number of rotatable bonds is 24. The van der Waals surface area contributed by atoms with Crippen LogP contribution in [0.3, 0.4) is 0 Å². The molecule has 24 heteroatoms. The van der Waals surface area contributed by atoms with Gasteiger partial charge >= 0.3 is 11.9 Å². The molecule has 1 heterocycles. The second-order valence-corrected chi connectivity index (χ2v) is 16.4. The number of carbonyl (C=O) groups excluding carboxylic acids is 6. The topological polar surface area (TPSA) is 357 Å². The maximum absolute atomic E-state index is 14.3. The number of para-hydroxylation sites is 1. The lowest BCUT2D eigenvalue weighted by Crippen LogP contribution is -2.58. The highest BCUT2D eigenvalue weighted by atomic mass is 32.2. The van der Waals surface area contributed by atoms with Crippen LogP contribution < -0.4 is 31.7 Å². The molecule has 4 rings (SSSR count). The zero-order valence-corrected chi connectivity index (χ0v) is 35.3. The minimum Gasteiger partial charge on any atom is -0.481 e. The van der Waals surface area contributed by atoms with Gasteiger partial charge in [-0.2, -0.15) is 4.72 Å². The molecule has 4 aromatic rings. The largest absolute Gasteiger partial charge is 0.481 e. The van der Waals surface area contributed by atoms with Crippen molar-refractivity contribution >= 4 is 68.3 Å². The molecule has 0 saturated carbocycles. The monoisotopic (exact) mass is 926 g/mol. The van der Waals surface area contributed by atoms with Crippen LogP contribution in [0.4, 0.5) is 4.39 Å². The first-order valence-corrected chi connectivity index (χ1v) is 21.1. The maximum atomic E-state index is 14.3. The van der Waals surface area contributed by atoms with Crippen LogP contribution in [0.1, 0.15) is 36.0 Å². The van der Waals surface area contributed by atoms with Crippen molar-refractivity contribution in [3.05, 3.63) is 102 Å². The van der Waals surface area contributed by atoms with Crippen LogP contribution in [0, 0.1) is 12.7 Å². The van der Waals surface area contributed by atoms with Gasteiger partial charge in [0, 0.05) is 36.5 Å². The number of aliphatic hydroxyl groups excluding tert-OH is 1. The zero-order valence-electron chi connectivity index (χ0n) is 34.5. The molecule has 0 aliphatic carbocycles. The lowest BCUT2D eigenvalue weighted by atomic mass is 10.0. The van der Waals surface area contributed by atoms with Crippen molar-refractivity contribution in [2.45, 2.75) is 74.1 Å². The van der Waals surface area contributed by atoms with Gasteiger partial charge < -0.3 is 47.3 Å². The summed E-state index contributed by atoms with van der Waals surface area (Å²) < 4.78 is 42.2. The van der Waals surface area contributed by atoms with Crippen LogP contribution in [-0.2, 0) is 61.2 Å². The van der Waals surface area contributed by atoms with Crippen molar-refractivity contribution in [1.82, 2.24) is 36.0 Å². The normalized spacial score (nSPS) is 13.6. The molecule has 22 nitrogen and oxygen atoms in total. The number of aromatic amines is 1. The van der Waals surface area contributed by atoms with E-state index in [2.05, 4.69) is 26.3 Å². The third-order valence-corrected chi connectivity index (χ3v) is 11.1. The highest BCUT2D eigenvalue weighted by Gasteiger charge is 2.35. The van der Waals surface area contributed by atoms with E-state index in [9.17, 15) is 71.7 Å². The van der Waals surface area contributed by atoms with Gasteiger partial charge in [0.05, 0.1) is 17.7 Å². The second-order valence-electron chi connectivity index (χ2n) is 14.7. The Hall–Kier alpha value is -7.28. The molecule has 0 bridgehead atoms. The van der Waals surface area contributed by atoms with E-state index >= 15 is 0 Å². The number of nitrogens with zero attached hydrogens (tertiary/aromatic N) is 1. The molecule has 0 radical (unpaired) electrons. The first-order chi connectivity index (χ1) is 30.7. The number of carboxylic acids is 2. The highest BCUT2D eigenvalue weighted by molar-refractivity contribution is 7.89. The molecule has 12 N–H and O–H groups in total. The number of primary amides is 1. The summed E-state index contributed by atoms with van der Waals surface area (Å²) in [5.41, 5.74) is 7.31. The zero-order chi connectivity index (χ0) is 48.0. The average molecular weight is 927 g/mol. The Bertz CT molecular complexity index is 2520. The number of nitrogens with two attached hydrogens (primary N) is 1. The molecule has 0 unspecified atom stereocenters. The summed E-state index contributed by atoms with van der Waals surface area (Å²) in [4.78, 5) is 106. The molecule has 0 fully saturated rings. The predicted octanol–water partition coefficient (Wildman–Crippen LogP) is -1.28. The fourth-order valence-electron chi connectivity index (χ4n) is 6.41. The summed E-state index contributed by atoms with van der Waals surface area (Å²) in [6, 6.07) is 8.20. The Labute approximate surface area is 369 Å². The van der Waals surface area contributed by atoms with E-state index in [1.54, 1.807) is 37.4 Å². The molecule has 1 aromatic heterocycles. The second kappa shape index (κ2) is 22.9. The number of aliphatic carboxylic acids is 2. The number of halogens is 1. The van der Waals surface area contributed by atoms with Crippen molar-refractivity contribution in [2.24, 2.45) is 5.73 Å². The number of sulfonamides is 1. The van der Waals surface area contributed by atoms with E-state index in [1.807, 2.05) is 4.72 Å². The Balaban J connectivity index is 1.55. The summed E-state index contributed by atoms with van der Waals surface area (Å²) in [6.07, 6.45) is -1.80. The summed E-state index contributed by atoms with van der Waals surface area (Å²) in [5, 5.41) is 48.6. The number of nitrogens with one attached hydrogen (secondary N) is 6. The first-order valence-electron chi connectivity index (χ1n) is 19.6. The minimum absolute atomic E-state index is 0.148. The van der Waals surface area contributed by atoms with Crippen molar-refractivity contribution in [3.63, 3.8) is 0 Å². The van der Waals surface area contributed by atoms with Crippen molar-refractivity contribution in [3.8, 4) is 0 Å². The fraction of sp³-hybridized carbons (Fsp3) is 0.317. The summed E-state index contributed by atoms with van der Waals surface area (Å²) in [6.45, 7) is -0.379. The number of aryl methyl sites for hydroxylation is 1. The minimum atomic E-state index is -4.50. The number of aliphatic hydroxyl groups is 1. The Morgan fingerprint density at radius 2 is 1.34 bits per heavy atom. The third-order valence-electron chi connectivity index (χ3n) is 9.66. The van der Waals surface area contributed by atoms with Gasteiger partial charge in [-0.3, -0.25) is 43.6 Å². The third kappa shape index (κ3) is 14.9. The van der Waals surface area contributed by atoms with Gasteiger partial charge in [0.1, 0.15) is 42.6 Å². The van der Waals surface area contributed by atoms with E-state index in [-0.39, 0.29) is 21.9 Å². The van der Waals surface area contributed by atoms with Gasteiger partial charge in [0.15, 0.2) is 0 Å². The van der Waals surface area contributed by atoms with Crippen LogP contribution >= 0.6 is 0 Å². The van der Waals surface area contributed by atoms with Gasteiger partial charge in [-0.15, -0.1) is 0 Å². The Kier molecular flexibility index (Phi) is 17.7. The standard InChI is InChI=1S/C41H47FN8O14S/c1-22-9-11-26(12-10-22)65(63,64)49-33(19-36(55)56)40(60)46-29(13-14-51)41(61)50(62)21-34(52)45-31(16-23-5-4-6-25(42)15-23)38(58)48-32(39(59)47-30(37(43)57)18-35(53)54)17-24-20-44-28-8-3-2-7-27(24)28/h2-12,15,20,29-33,44,49,51,62H,13-14,16-19,21H2,1H3,(H2,43,57)(H,45,52)(H,46,60)(H,47,59)(H,48,58)(H,53,54)(H,55,56)/t29-,30-,31-,32-,33+/m0/s1. The molecule has 3 aromatic carbocycles. The summed E-state index contributed by atoms with van der Waals surface area (Å²) in [5.74, 6) is -11.2. The fourth-order valence-corrected chi connectivity index (χ4v) is 7.60. The number of fused-ring (bicyclic) bond motifs is 1. The average Bonchev–Trinajstić information content (AvgIpc) is 3.64. The van der Waals surface area contributed by atoms with E-state index in [0.717, 1.165) is 12.1 Å². The van der Waals surface area contributed by atoms with Crippen LogP contribution in [0.5, 0.6) is 0 Å². The van der Waals surface area contributed by atoms with E-state index in [0.29, 0.717) is 22.0 Å². The van der Waals surface area contributed by atoms with Gasteiger partial charge in [-0.05, 0) is 54.8 Å². The van der Waals surface area contributed by atoms with E-state index in [1.165, 1.54) is 36.4 Å². The van der Waals surface area contributed by atoms with Crippen molar-refractivity contribution in [1.29, 1.82) is 0 Å². The van der Waals surface area contributed by atoms with E-state index in [4.69, 9.17) is 5.73 Å². The van der Waals surface area contributed by atoms with Crippen LogP contribution in [0.15, 0.2) is 83.9 Å². The molecule has 0 saturated heterocycles. The molecule has 348 valence electrons. The lowest BCUT2D eigenvalue weighted by molar-refractivity contribution is -0.172. The molecular weight excluding hydrogens is 880 g/mol.